The number of carbonyl (C=O) groups is 1. The lowest BCUT2D eigenvalue weighted by Crippen LogP contribution is -2.48. The van der Waals surface area contributed by atoms with Gasteiger partial charge in [0.2, 0.25) is 0 Å². The van der Waals surface area contributed by atoms with Crippen molar-refractivity contribution in [1.29, 1.82) is 0 Å². The summed E-state index contributed by atoms with van der Waals surface area (Å²) in [6.45, 7) is 10.7. The molecule has 0 radical (unpaired) electrons. The minimum Gasteiger partial charge on any atom is -0.493 e. The van der Waals surface area contributed by atoms with Crippen molar-refractivity contribution in [1.82, 2.24) is 5.32 Å². The predicted molar refractivity (Wildman–Crippen MR) is 141 cm³/mol. The van der Waals surface area contributed by atoms with Crippen LogP contribution in [0.1, 0.15) is 77.5 Å². The number of hydrogen-bond acceptors (Lipinski definition) is 5. The summed E-state index contributed by atoms with van der Waals surface area (Å²) in [5, 5.41) is 2.75. The molecule has 2 aliphatic heterocycles. The first-order chi connectivity index (χ1) is 17.5. The number of aryl methyl sites for hydroxylation is 1. The quantitative estimate of drug-likeness (QED) is 0.395. The van der Waals surface area contributed by atoms with Crippen molar-refractivity contribution in [2.24, 2.45) is 5.92 Å². The molecule has 1 N–H and O–H groups in total. The van der Waals surface area contributed by atoms with Crippen LogP contribution in [0.3, 0.4) is 0 Å². The molecule has 2 aromatic carbocycles. The molecule has 0 spiro atoms. The summed E-state index contributed by atoms with van der Waals surface area (Å²) < 4.78 is 37.5. The van der Waals surface area contributed by atoms with Gasteiger partial charge in [0.25, 0.3) is 0 Å². The Morgan fingerprint density at radius 1 is 1.14 bits per heavy atom. The Hall–Kier alpha value is -2.80. The maximum Gasteiger partial charge on any atom is 0.407 e. The Balaban J connectivity index is 1.32. The molecule has 1 saturated heterocycles. The van der Waals surface area contributed by atoms with E-state index >= 15 is 0 Å². The SMILES string of the molecule is CC(C)(C)OC(=O)NCCCOc1ccc2c(c1)OC(C)(C)[C@@H]1CC[C@@H](CCc3ccc(F)cc3)O[C@@H]21. The molecule has 202 valence electrons. The van der Waals surface area contributed by atoms with E-state index in [9.17, 15) is 9.18 Å². The van der Waals surface area contributed by atoms with Crippen molar-refractivity contribution in [2.75, 3.05) is 13.2 Å². The van der Waals surface area contributed by atoms with E-state index in [-0.39, 0.29) is 29.5 Å². The van der Waals surface area contributed by atoms with Crippen molar-refractivity contribution in [2.45, 2.75) is 90.1 Å². The third-order valence-electron chi connectivity index (χ3n) is 6.99. The molecular formula is C30H40FNO5. The van der Waals surface area contributed by atoms with Gasteiger partial charge in [-0.05, 0) is 96.6 Å². The number of halogens is 1. The van der Waals surface area contributed by atoms with Gasteiger partial charge in [0, 0.05) is 24.1 Å². The first-order valence-electron chi connectivity index (χ1n) is 13.3. The second-order valence-corrected chi connectivity index (χ2v) is 11.6. The Labute approximate surface area is 219 Å². The Morgan fingerprint density at radius 3 is 2.62 bits per heavy atom. The minimum atomic E-state index is -0.513. The van der Waals surface area contributed by atoms with Crippen molar-refractivity contribution in [3.8, 4) is 11.5 Å². The van der Waals surface area contributed by atoms with E-state index in [1.54, 1.807) is 0 Å². The number of fused-ring (bicyclic) bond motifs is 3. The van der Waals surface area contributed by atoms with Crippen molar-refractivity contribution < 1.29 is 28.1 Å². The fraction of sp³-hybridized carbons (Fsp3) is 0.567. The third-order valence-corrected chi connectivity index (χ3v) is 6.99. The molecule has 0 aliphatic carbocycles. The molecule has 1 amide bonds. The number of amides is 1. The van der Waals surface area contributed by atoms with E-state index in [1.165, 1.54) is 12.1 Å². The lowest BCUT2D eigenvalue weighted by molar-refractivity contribution is -0.150. The van der Waals surface area contributed by atoms with Crippen molar-refractivity contribution in [3.63, 3.8) is 0 Å². The predicted octanol–water partition coefficient (Wildman–Crippen LogP) is 6.76. The zero-order valence-electron chi connectivity index (χ0n) is 22.6. The average molecular weight is 514 g/mol. The Bertz CT molecular complexity index is 1060. The largest absolute Gasteiger partial charge is 0.493 e. The molecule has 3 atom stereocenters. The third kappa shape index (κ3) is 7.37. The second-order valence-electron chi connectivity index (χ2n) is 11.6. The molecule has 2 aromatic rings. The highest BCUT2D eigenvalue weighted by Gasteiger charge is 2.47. The lowest BCUT2D eigenvalue weighted by Gasteiger charge is -2.48. The summed E-state index contributed by atoms with van der Waals surface area (Å²) in [6, 6.07) is 12.7. The minimum absolute atomic E-state index is 0.0298. The zero-order valence-corrected chi connectivity index (χ0v) is 22.6. The van der Waals surface area contributed by atoms with Crippen LogP contribution >= 0.6 is 0 Å². The van der Waals surface area contributed by atoms with Gasteiger partial charge in [-0.3, -0.25) is 0 Å². The highest BCUT2D eigenvalue weighted by Crippen LogP contribution is 2.51. The van der Waals surface area contributed by atoms with Gasteiger partial charge in [0.05, 0.1) is 18.8 Å². The van der Waals surface area contributed by atoms with Crippen LogP contribution in [0.4, 0.5) is 9.18 Å². The van der Waals surface area contributed by atoms with Gasteiger partial charge in [-0.15, -0.1) is 0 Å². The van der Waals surface area contributed by atoms with Crippen LogP contribution in [0.5, 0.6) is 11.5 Å². The molecule has 2 aliphatic rings. The number of ether oxygens (including phenoxy) is 4. The fourth-order valence-electron chi connectivity index (χ4n) is 5.13. The van der Waals surface area contributed by atoms with Gasteiger partial charge in [-0.1, -0.05) is 12.1 Å². The Kier molecular flexibility index (Phi) is 8.32. The molecule has 1 fully saturated rings. The average Bonchev–Trinajstić information content (AvgIpc) is 2.82. The van der Waals surface area contributed by atoms with Crippen LogP contribution in [-0.4, -0.2) is 36.6 Å². The molecule has 0 saturated carbocycles. The highest BCUT2D eigenvalue weighted by molar-refractivity contribution is 5.67. The van der Waals surface area contributed by atoms with Crippen LogP contribution in [0.2, 0.25) is 0 Å². The maximum atomic E-state index is 13.2. The van der Waals surface area contributed by atoms with Crippen LogP contribution < -0.4 is 14.8 Å². The van der Waals surface area contributed by atoms with Crippen molar-refractivity contribution >= 4 is 6.09 Å². The van der Waals surface area contributed by atoms with Gasteiger partial charge in [0.15, 0.2) is 0 Å². The molecule has 4 rings (SSSR count). The second kappa shape index (κ2) is 11.3. The number of alkyl carbamates (subject to hydrolysis) is 1. The van der Waals surface area contributed by atoms with Gasteiger partial charge in [-0.25, -0.2) is 9.18 Å². The highest BCUT2D eigenvalue weighted by atomic mass is 19.1. The normalized spacial score (nSPS) is 22.3. The first kappa shape index (κ1) is 27.2. The summed E-state index contributed by atoms with van der Waals surface area (Å²) in [5.74, 6) is 1.60. The number of hydrogen-bond donors (Lipinski definition) is 1. The summed E-state index contributed by atoms with van der Waals surface area (Å²) in [4.78, 5) is 11.8. The van der Waals surface area contributed by atoms with Crippen LogP contribution in [0.25, 0.3) is 0 Å². The number of rotatable bonds is 8. The van der Waals surface area contributed by atoms with Crippen LogP contribution in [-0.2, 0) is 15.9 Å². The van der Waals surface area contributed by atoms with E-state index < -0.39 is 11.7 Å². The number of carbonyl (C=O) groups excluding carboxylic acids is 1. The summed E-state index contributed by atoms with van der Waals surface area (Å²) in [5.41, 5.74) is 1.33. The van der Waals surface area contributed by atoms with E-state index in [0.717, 1.165) is 48.3 Å². The molecule has 0 bridgehead atoms. The number of nitrogens with one attached hydrogen (secondary N) is 1. The topological polar surface area (TPSA) is 66.0 Å². The van der Waals surface area contributed by atoms with Gasteiger partial charge in [0.1, 0.15) is 28.5 Å². The van der Waals surface area contributed by atoms with E-state index in [1.807, 2.05) is 45.0 Å². The summed E-state index contributed by atoms with van der Waals surface area (Å²) in [6.07, 6.45) is 4.16. The van der Waals surface area contributed by atoms with E-state index in [4.69, 9.17) is 18.9 Å². The van der Waals surface area contributed by atoms with E-state index in [2.05, 4.69) is 25.2 Å². The molecule has 6 nitrogen and oxygen atoms in total. The molecule has 0 unspecified atom stereocenters. The van der Waals surface area contributed by atoms with Gasteiger partial charge >= 0.3 is 6.09 Å². The lowest BCUT2D eigenvalue weighted by atomic mass is 9.75. The molecule has 7 heteroatoms. The summed E-state index contributed by atoms with van der Waals surface area (Å²) in [7, 11) is 0. The van der Waals surface area contributed by atoms with Gasteiger partial charge in [-0.2, -0.15) is 0 Å². The molecule has 0 aromatic heterocycles. The molecule has 2 heterocycles. The fourth-order valence-corrected chi connectivity index (χ4v) is 5.13. The van der Waals surface area contributed by atoms with Crippen LogP contribution in [0.15, 0.2) is 42.5 Å². The molecular weight excluding hydrogens is 473 g/mol. The molecule has 37 heavy (non-hydrogen) atoms. The van der Waals surface area contributed by atoms with E-state index in [0.29, 0.717) is 19.6 Å². The summed E-state index contributed by atoms with van der Waals surface area (Å²) >= 11 is 0. The Morgan fingerprint density at radius 2 is 1.89 bits per heavy atom. The van der Waals surface area contributed by atoms with Crippen LogP contribution in [0, 0.1) is 11.7 Å². The standard InChI is InChI=1S/C30H40FNO5/c1-29(2,3)37-28(33)32-17-6-18-34-23-13-15-24-26(19-23)36-30(4,5)25-16-14-22(35-27(24)25)12-9-20-7-10-21(31)11-8-20/h7-8,10-11,13,15,19,22,25,27H,6,9,12,14,16-18H2,1-5H3,(H,32,33)/t22-,25-,27+/m1/s1. The monoisotopic (exact) mass is 513 g/mol. The first-order valence-corrected chi connectivity index (χ1v) is 13.3. The van der Waals surface area contributed by atoms with Crippen molar-refractivity contribution in [3.05, 3.63) is 59.4 Å². The maximum absolute atomic E-state index is 13.2. The zero-order chi connectivity index (χ0) is 26.6. The smallest absolute Gasteiger partial charge is 0.407 e. The number of benzene rings is 2. The van der Waals surface area contributed by atoms with Gasteiger partial charge < -0.3 is 24.3 Å².